The predicted molar refractivity (Wildman–Crippen MR) is 165 cm³/mol. The second kappa shape index (κ2) is 10.9. The number of hydrogen-bond donors (Lipinski definition) is 0. The number of carbonyl (C=O) groups excluding carboxylic acids is 1. The summed E-state index contributed by atoms with van der Waals surface area (Å²) in [4.78, 5) is 15.6. The fraction of sp³-hybridized carbons (Fsp3) is 0.757. The van der Waals surface area contributed by atoms with E-state index in [2.05, 4.69) is 27.7 Å². The molecule has 0 aromatic heterocycles. The normalized spacial score (nSPS) is 44.7. The molecule has 4 aliphatic carbocycles. The highest BCUT2D eigenvalue weighted by Gasteiger charge is 2.61. The molecule has 0 bridgehead atoms. The molecule has 0 radical (unpaired) electrons. The van der Waals surface area contributed by atoms with Gasteiger partial charge >= 0.3 is 6.09 Å². The van der Waals surface area contributed by atoms with Crippen LogP contribution < -0.4 is 0 Å². The lowest BCUT2D eigenvalue weighted by atomic mass is 9.52. The van der Waals surface area contributed by atoms with Gasteiger partial charge in [-0.2, -0.15) is 0 Å². The second-order valence-corrected chi connectivity index (χ2v) is 15.5. The maximum absolute atomic E-state index is 13.5. The first-order valence-electron chi connectivity index (χ1n) is 17.1. The predicted octanol–water partition coefficient (Wildman–Crippen LogP) is 8.18. The van der Waals surface area contributed by atoms with Crippen molar-refractivity contribution in [2.75, 3.05) is 13.7 Å². The molecule has 0 N–H and O–H groups in total. The van der Waals surface area contributed by atoms with Crippen molar-refractivity contribution in [1.82, 2.24) is 4.90 Å². The lowest BCUT2D eigenvalue weighted by Gasteiger charge is -2.54. The average molecular weight is 576 g/mol. The summed E-state index contributed by atoms with van der Waals surface area (Å²) in [5.74, 6) is 3.90. The van der Waals surface area contributed by atoms with Crippen molar-refractivity contribution in [3.05, 3.63) is 47.0 Å². The van der Waals surface area contributed by atoms with Gasteiger partial charge in [0, 0.05) is 19.6 Å². The minimum atomic E-state index is -0.176. The van der Waals surface area contributed by atoms with Crippen LogP contribution in [0.25, 0.3) is 0 Å². The summed E-state index contributed by atoms with van der Waals surface area (Å²) in [7, 11) is 1.91. The number of fused-ring (bicyclic) bond motifs is 6. The third-order valence-corrected chi connectivity index (χ3v) is 13.5. The van der Waals surface area contributed by atoms with Gasteiger partial charge in [0.25, 0.3) is 0 Å². The first kappa shape index (κ1) is 28.9. The Morgan fingerprint density at radius 1 is 1.07 bits per heavy atom. The molecule has 6 aliphatic rings. The lowest BCUT2D eigenvalue weighted by Crippen LogP contribution is -2.54. The van der Waals surface area contributed by atoms with Gasteiger partial charge in [0.15, 0.2) is 0 Å². The first-order chi connectivity index (χ1) is 20.2. The molecular weight excluding hydrogens is 522 g/mol. The molecule has 3 saturated carbocycles. The molecule has 42 heavy (non-hydrogen) atoms. The molecule has 5 heteroatoms. The fourth-order valence-electron chi connectivity index (χ4n) is 11.2. The van der Waals surface area contributed by atoms with E-state index in [1.54, 1.807) is 11.1 Å². The van der Waals surface area contributed by atoms with E-state index >= 15 is 0 Å². The van der Waals surface area contributed by atoms with Crippen molar-refractivity contribution >= 4 is 6.09 Å². The highest BCUT2D eigenvalue weighted by Crippen LogP contribution is 2.65. The SMILES string of the molecule is CO[C@H]1CC[C@@]2(C)[C@H](CC[C@H]3[C@@H]4CC[C@@]5(CC(C)=C4C[C@@H]32)O[C@@H]2C[C@H](C)CN(C(=O)OCc3ccccc3)[C@H]2[C@H]5C)C1. The highest BCUT2D eigenvalue weighted by molar-refractivity contribution is 5.68. The van der Waals surface area contributed by atoms with Crippen LogP contribution >= 0.6 is 0 Å². The van der Waals surface area contributed by atoms with Gasteiger partial charge in [-0.05, 0) is 112 Å². The number of benzene rings is 1. The third kappa shape index (κ3) is 4.67. The summed E-state index contributed by atoms with van der Waals surface area (Å²) in [6.07, 6.45) is 12.7. The number of ether oxygens (including phenoxy) is 3. The van der Waals surface area contributed by atoms with Gasteiger partial charge in [0.1, 0.15) is 6.61 Å². The van der Waals surface area contributed by atoms with Crippen molar-refractivity contribution in [2.45, 2.75) is 122 Å². The van der Waals surface area contributed by atoms with E-state index in [-0.39, 0.29) is 23.8 Å². The molecular formula is C37H53NO4. The van der Waals surface area contributed by atoms with Crippen LogP contribution in [0.1, 0.15) is 97.5 Å². The van der Waals surface area contributed by atoms with Crippen LogP contribution in [0.4, 0.5) is 4.79 Å². The minimum absolute atomic E-state index is 0.0956. The first-order valence-corrected chi connectivity index (χ1v) is 17.1. The Balaban J connectivity index is 1.10. The number of piperidine rings is 1. The Labute approximate surface area is 253 Å². The van der Waals surface area contributed by atoms with E-state index in [1.165, 1.54) is 44.9 Å². The zero-order valence-corrected chi connectivity index (χ0v) is 26.6. The summed E-state index contributed by atoms with van der Waals surface area (Å²) in [6.45, 7) is 10.8. The van der Waals surface area contributed by atoms with Crippen molar-refractivity contribution < 1.29 is 19.0 Å². The maximum atomic E-state index is 13.5. The Hall–Kier alpha value is -1.85. The lowest BCUT2D eigenvalue weighted by molar-refractivity contribution is -0.0863. The Kier molecular flexibility index (Phi) is 7.53. The summed E-state index contributed by atoms with van der Waals surface area (Å²) in [6, 6.07) is 10.1. The highest BCUT2D eigenvalue weighted by atomic mass is 16.6. The Bertz CT molecular complexity index is 1200. The number of likely N-dealkylation sites (tertiary alicyclic amines) is 1. The monoisotopic (exact) mass is 575 g/mol. The van der Waals surface area contributed by atoms with Crippen LogP contribution in [-0.4, -0.2) is 48.5 Å². The summed E-state index contributed by atoms with van der Waals surface area (Å²) < 4.78 is 18.9. The van der Waals surface area contributed by atoms with E-state index in [0.29, 0.717) is 30.0 Å². The second-order valence-electron chi connectivity index (χ2n) is 15.5. The molecule has 1 spiro atoms. The number of hydrogen-bond acceptors (Lipinski definition) is 4. The van der Waals surface area contributed by atoms with Crippen LogP contribution in [-0.2, 0) is 20.8 Å². The molecule has 11 atom stereocenters. The maximum Gasteiger partial charge on any atom is 0.410 e. The van der Waals surface area contributed by atoms with E-state index in [0.717, 1.165) is 55.0 Å². The average Bonchev–Trinajstić information content (AvgIpc) is 3.45. The molecule has 7 rings (SSSR count). The van der Waals surface area contributed by atoms with Gasteiger partial charge < -0.3 is 19.1 Å². The molecule has 5 nitrogen and oxygen atoms in total. The smallest absolute Gasteiger partial charge is 0.410 e. The van der Waals surface area contributed by atoms with Crippen LogP contribution in [0.15, 0.2) is 41.5 Å². The minimum Gasteiger partial charge on any atom is -0.445 e. The van der Waals surface area contributed by atoms with E-state index in [4.69, 9.17) is 14.2 Å². The third-order valence-electron chi connectivity index (χ3n) is 13.5. The summed E-state index contributed by atoms with van der Waals surface area (Å²) in [5, 5.41) is 0. The van der Waals surface area contributed by atoms with Crippen LogP contribution in [0.3, 0.4) is 0 Å². The molecule has 1 aromatic carbocycles. The number of methoxy groups -OCH3 is 1. The quantitative estimate of drug-likeness (QED) is 0.341. The van der Waals surface area contributed by atoms with E-state index in [1.807, 2.05) is 42.3 Å². The number of amides is 1. The Morgan fingerprint density at radius 3 is 2.67 bits per heavy atom. The number of rotatable bonds is 3. The molecule has 5 fully saturated rings. The van der Waals surface area contributed by atoms with Crippen LogP contribution in [0.2, 0.25) is 0 Å². The molecule has 1 amide bonds. The molecule has 2 saturated heterocycles. The van der Waals surface area contributed by atoms with Gasteiger partial charge in [-0.25, -0.2) is 4.79 Å². The van der Waals surface area contributed by atoms with Crippen molar-refractivity contribution in [1.29, 1.82) is 0 Å². The van der Waals surface area contributed by atoms with Gasteiger partial charge in [0.05, 0.1) is 23.9 Å². The fourth-order valence-corrected chi connectivity index (χ4v) is 11.2. The summed E-state index contributed by atoms with van der Waals surface area (Å²) in [5.41, 5.74) is 4.72. The van der Waals surface area contributed by atoms with Crippen molar-refractivity contribution in [2.24, 2.45) is 40.9 Å². The standard InChI is InChI=1S/C37H53NO4/c1-23-17-33-34(38(21-23)35(39)41-22-26-9-7-6-8-10-26)25(3)37(42-33)16-14-29-30-12-11-27-18-28(40-5)13-15-36(27,4)32(30)19-31(29)24(2)20-37/h6-10,23,25,27-30,32-34H,11-22H2,1-5H3/t23-,25+,27+,28-,29-,30-,32-,33+,34-,36-,37-/m0/s1. The van der Waals surface area contributed by atoms with Gasteiger partial charge in [-0.15, -0.1) is 0 Å². The van der Waals surface area contributed by atoms with Gasteiger partial charge in [-0.3, -0.25) is 0 Å². The van der Waals surface area contributed by atoms with E-state index in [9.17, 15) is 4.79 Å². The van der Waals surface area contributed by atoms with Crippen molar-refractivity contribution in [3.63, 3.8) is 0 Å². The molecule has 1 aromatic rings. The molecule has 2 heterocycles. The zero-order chi connectivity index (χ0) is 29.2. The van der Waals surface area contributed by atoms with E-state index < -0.39 is 0 Å². The summed E-state index contributed by atoms with van der Waals surface area (Å²) >= 11 is 0. The number of allylic oxidation sites excluding steroid dienone is 1. The van der Waals surface area contributed by atoms with Gasteiger partial charge in [0.2, 0.25) is 0 Å². The van der Waals surface area contributed by atoms with Gasteiger partial charge in [-0.1, -0.05) is 62.2 Å². The van der Waals surface area contributed by atoms with Crippen molar-refractivity contribution in [3.8, 4) is 0 Å². The topological polar surface area (TPSA) is 48.0 Å². The Morgan fingerprint density at radius 2 is 1.88 bits per heavy atom. The molecule has 2 aliphatic heterocycles. The van der Waals surface area contributed by atoms with Crippen LogP contribution in [0, 0.1) is 40.9 Å². The molecule has 0 unspecified atom stereocenters. The number of nitrogens with zero attached hydrogens (tertiary/aromatic N) is 1. The largest absolute Gasteiger partial charge is 0.445 e. The number of carbonyl (C=O) groups is 1. The zero-order valence-electron chi connectivity index (χ0n) is 26.6. The molecule has 230 valence electrons. The van der Waals surface area contributed by atoms with Crippen LogP contribution in [0.5, 0.6) is 0 Å².